The Hall–Kier alpha value is -3.26. The van der Waals surface area contributed by atoms with Gasteiger partial charge in [0.2, 0.25) is 0 Å². The molecule has 2 aromatic heterocycles. The number of aromatic amines is 1. The normalized spacial score (nSPS) is 19.1. The molecular formula is C23H21F2N3O3. The fraction of sp³-hybridized carbons (Fsp3) is 0.304. The first kappa shape index (κ1) is 19.7. The fourth-order valence-corrected chi connectivity index (χ4v) is 4.67. The third kappa shape index (κ3) is 3.09. The average molecular weight is 425 g/mol. The summed E-state index contributed by atoms with van der Waals surface area (Å²) in [7, 11) is 0. The van der Waals surface area contributed by atoms with Crippen molar-refractivity contribution in [2.75, 3.05) is 6.61 Å². The van der Waals surface area contributed by atoms with E-state index in [9.17, 15) is 18.7 Å². The molecule has 1 fully saturated rings. The van der Waals surface area contributed by atoms with Gasteiger partial charge in [-0.3, -0.25) is 5.10 Å². The highest BCUT2D eigenvalue weighted by Gasteiger charge is 2.36. The molecule has 1 aliphatic rings. The number of carbonyl (C=O) groups is 1. The first-order chi connectivity index (χ1) is 14.8. The number of carboxylic acid groups (broad SMARTS) is 1. The van der Waals surface area contributed by atoms with E-state index in [4.69, 9.17) is 4.74 Å². The Labute approximate surface area is 176 Å². The van der Waals surface area contributed by atoms with Crippen LogP contribution in [0.4, 0.5) is 8.78 Å². The van der Waals surface area contributed by atoms with Crippen molar-refractivity contribution in [1.29, 1.82) is 0 Å². The minimum absolute atomic E-state index is 0.0378. The van der Waals surface area contributed by atoms with Gasteiger partial charge in [-0.15, -0.1) is 0 Å². The summed E-state index contributed by atoms with van der Waals surface area (Å²) in [5.74, 6) is -2.90. The monoisotopic (exact) mass is 425 g/mol. The lowest BCUT2D eigenvalue weighted by Crippen LogP contribution is -2.18. The molecule has 0 saturated carbocycles. The lowest BCUT2D eigenvalue weighted by molar-refractivity contribution is -0.147. The molecule has 2 N–H and O–H groups in total. The molecule has 31 heavy (non-hydrogen) atoms. The summed E-state index contributed by atoms with van der Waals surface area (Å²) in [5, 5.41) is 18.3. The second-order valence-corrected chi connectivity index (χ2v) is 8.31. The maximum absolute atomic E-state index is 14.2. The first-order valence-electron chi connectivity index (χ1n) is 10.2. The van der Waals surface area contributed by atoms with Gasteiger partial charge in [-0.05, 0) is 42.2 Å². The maximum Gasteiger partial charge on any atom is 0.332 e. The zero-order valence-corrected chi connectivity index (χ0v) is 17.0. The highest BCUT2D eigenvalue weighted by molar-refractivity contribution is 5.99. The number of carboxylic acids is 1. The van der Waals surface area contributed by atoms with Gasteiger partial charge in [-0.25, -0.2) is 13.6 Å². The number of nitrogens with one attached hydrogen (secondary N) is 1. The number of aromatic nitrogens is 3. The molecule has 8 heteroatoms. The zero-order valence-electron chi connectivity index (χ0n) is 17.0. The Kier molecular flexibility index (Phi) is 4.55. The molecule has 1 unspecified atom stereocenters. The number of halogens is 2. The molecule has 1 aliphatic heterocycles. The molecule has 5 rings (SSSR count). The summed E-state index contributed by atoms with van der Waals surface area (Å²) in [4.78, 5) is 11.5. The topological polar surface area (TPSA) is 80.1 Å². The third-order valence-corrected chi connectivity index (χ3v) is 5.99. The molecule has 0 radical (unpaired) electrons. The number of aliphatic carboxylic acids is 1. The van der Waals surface area contributed by atoms with Crippen LogP contribution in [-0.4, -0.2) is 38.6 Å². The minimum atomic E-state index is -0.978. The van der Waals surface area contributed by atoms with Crippen LogP contribution in [0.3, 0.4) is 0 Å². The molecule has 2 atom stereocenters. The molecular weight excluding hydrogens is 404 g/mol. The number of benzene rings is 2. The Morgan fingerprint density at radius 3 is 2.74 bits per heavy atom. The second-order valence-electron chi connectivity index (χ2n) is 8.31. The Morgan fingerprint density at radius 1 is 1.26 bits per heavy atom. The summed E-state index contributed by atoms with van der Waals surface area (Å²) >= 11 is 0. The molecule has 3 heterocycles. The standard InChI is InChI=1S/C23H21F2N3O3/c1-11(2)22-21(13-6-20(23(29)30)31-10-13)15-8-18-12(9-26-27-18)5-19(15)28(22)14-3-4-16(24)17(25)7-14/h3-5,7-9,11,13,20H,6,10H2,1-2H3,(H,26,27)(H,29,30)/t13-,20?/m0/s1. The predicted molar refractivity (Wildman–Crippen MR) is 112 cm³/mol. The van der Waals surface area contributed by atoms with E-state index < -0.39 is 23.7 Å². The second kappa shape index (κ2) is 7.16. The van der Waals surface area contributed by atoms with Crippen LogP contribution >= 0.6 is 0 Å². The number of nitrogens with zero attached hydrogens (tertiary/aromatic N) is 2. The van der Waals surface area contributed by atoms with Crippen LogP contribution in [0.2, 0.25) is 0 Å². The molecule has 0 amide bonds. The molecule has 4 aromatic rings. The quantitative estimate of drug-likeness (QED) is 0.489. The highest BCUT2D eigenvalue weighted by atomic mass is 19.2. The van der Waals surface area contributed by atoms with Crippen molar-refractivity contribution in [2.45, 2.75) is 38.2 Å². The van der Waals surface area contributed by atoms with Gasteiger partial charge in [0.05, 0.1) is 23.8 Å². The van der Waals surface area contributed by atoms with Crippen LogP contribution < -0.4 is 0 Å². The van der Waals surface area contributed by atoms with E-state index in [2.05, 4.69) is 10.2 Å². The zero-order chi connectivity index (χ0) is 21.9. The summed E-state index contributed by atoms with van der Waals surface area (Å²) in [6.07, 6.45) is 1.21. The van der Waals surface area contributed by atoms with E-state index in [0.717, 1.165) is 39.1 Å². The van der Waals surface area contributed by atoms with Gasteiger partial charge < -0.3 is 14.4 Å². The van der Waals surface area contributed by atoms with E-state index in [1.54, 1.807) is 12.3 Å². The van der Waals surface area contributed by atoms with Gasteiger partial charge in [-0.1, -0.05) is 13.8 Å². The van der Waals surface area contributed by atoms with E-state index in [0.29, 0.717) is 12.1 Å². The molecule has 6 nitrogen and oxygen atoms in total. The molecule has 160 valence electrons. The molecule has 1 saturated heterocycles. The van der Waals surface area contributed by atoms with Gasteiger partial charge in [0.1, 0.15) is 0 Å². The van der Waals surface area contributed by atoms with Gasteiger partial charge in [0, 0.05) is 34.1 Å². The van der Waals surface area contributed by atoms with E-state index in [-0.39, 0.29) is 18.4 Å². The SMILES string of the molecule is CC(C)c1c([C@@H]2COC(C(=O)O)C2)c2cc3[nH]ncc3cc2n1-c1ccc(F)c(F)c1. The average Bonchev–Trinajstić information content (AvgIpc) is 3.44. The van der Waals surface area contributed by atoms with Crippen molar-refractivity contribution in [3.05, 3.63) is 59.4 Å². The maximum atomic E-state index is 14.2. The number of hydrogen-bond donors (Lipinski definition) is 2. The summed E-state index contributed by atoms with van der Waals surface area (Å²) in [6.45, 7) is 4.35. The van der Waals surface area contributed by atoms with Gasteiger partial charge in [0.25, 0.3) is 0 Å². The number of H-pyrrole nitrogens is 1. The fourth-order valence-electron chi connectivity index (χ4n) is 4.67. The summed E-state index contributed by atoms with van der Waals surface area (Å²) in [5.41, 5.74) is 4.10. The van der Waals surface area contributed by atoms with Crippen molar-refractivity contribution in [3.8, 4) is 5.69 Å². The highest BCUT2D eigenvalue weighted by Crippen LogP contribution is 2.43. The molecule has 0 bridgehead atoms. The van der Waals surface area contributed by atoms with Crippen LogP contribution in [-0.2, 0) is 9.53 Å². The van der Waals surface area contributed by atoms with E-state index in [1.807, 2.05) is 30.5 Å². The van der Waals surface area contributed by atoms with Gasteiger partial charge >= 0.3 is 5.97 Å². The van der Waals surface area contributed by atoms with Crippen LogP contribution in [0.1, 0.15) is 43.4 Å². The third-order valence-electron chi connectivity index (χ3n) is 5.99. The first-order valence-corrected chi connectivity index (χ1v) is 10.2. The molecule has 2 aromatic carbocycles. The number of hydrogen-bond acceptors (Lipinski definition) is 3. The Balaban J connectivity index is 1.83. The molecule has 0 aliphatic carbocycles. The largest absolute Gasteiger partial charge is 0.479 e. The van der Waals surface area contributed by atoms with Gasteiger partial charge in [-0.2, -0.15) is 5.10 Å². The molecule has 0 spiro atoms. The van der Waals surface area contributed by atoms with Crippen molar-refractivity contribution in [1.82, 2.24) is 14.8 Å². The van der Waals surface area contributed by atoms with Crippen molar-refractivity contribution in [3.63, 3.8) is 0 Å². The number of ether oxygens (including phenoxy) is 1. The van der Waals surface area contributed by atoms with Crippen LogP contribution in [0.5, 0.6) is 0 Å². The Bertz CT molecular complexity index is 1320. The number of rotatable bonds is 4. The van der Waals surface area contributed by atoms with Gasteiger partial charge in [0.15, 0.2) is 17.7 Å². The summed E-state index contributed by atoms with van der Waals surface area (Å²) in [6, 6.07) is 7.82. The van der Waals surface area contributed by atoms with E-state index >= 15 is 0 Å². The minimum Gasteiger partial charge on any atom is -0.479 e. The van der Waals surface area contributed by atoms with Crippen LogP contribution in [0, 0.1) is 11.6 Å². The Morgan fingerprint density at radius 2 is 2.06 bits per heavy atom. The lowest BCUT2D eigenvalue weighted by atomic mass is 9.90. The van der Waals surface area contributed by atoms with Crippen molar-refractivity contribution >= 4 is 27.8 Å². The number of fused-ring (bicyclic) bond motifs is 2. The van der Waals surface area contributed by atoms with Crippen molar-refractivity contribution < 1.29 is 23.4 Å². The smallest absolute Gasteiger partial charge is 0.332 e. The van der Waals surface area contributed by atoms with E-state index in [1.165, 1.54) is 6.07 Å². The lowest BCUT2D eigenvalue weighted by Gasteiger charge is -2.18. The van der Waals surface area contributed by atoms with Crippen molar-refractivity contribution in [2.24, 2.45) is 0 Å². The predicted octanol–water partition coefficient (Wildman–Crippen LogP) is 4.87. The van der Waals surface area contributed by atoms with Crippen LogP contribution in [0.25, 0.3) is 27.5 Å². The van der Waals surface area contributed by atoms with Crippen LogP contribution in [0.15, 0.2) is 36.5 Å². The summed E-state index contributed by atoms with van der Waals surface area (Å²) < 4.78 is 35.3.